The van der Waals surface area contributed by atoms with Crippen molar-refractivity contribution in [3.63, 3.8) is 0 Å². The van der Waals surface area contributed by atoms with E-state index in [2.05, 4.69) is 36.8 Å². The van der Waals surface area contributed by atoms with Crippen molar-refractivity contribution >= 4 is 15.7 Å². The van der Waals surface area contributed by atoms with E-state index in [0.717, 1.165) is 44.1 Å². The van der Waals surface area contributed by atoms with Crippen LogP contribution >= 0.6 is 0 Å². The zero-order valence-corrected chi connectivity index (χ0v) is 18.6. The summed E-state index contributed by atoms with van der Waals surface area (Å²) < 4.78 is 22.9. The van der Waals surface area contributed by atoms with Crippen molar-refractivity contribution in [2.75, 3.05) is 6.26 Å². The molecule has 6 heteroatoms. The summed E-state index contributed by atoms with van der Waals surface area (Å²) in [5, 5.41) is 14.9. The van der Waals surface area contributed by atoms with Crippen LogP contribution in [0, 0.1) is 34.5 Å². The van der Waals surface area contributed by atoms with Crippen LogP contribution in [0.4, 0.5) is 0 Å². The Morgan fingerprint density at radius 1 is 1.21 bits per heavy atom. The molecule has 7 atom stereocenters. The summed E-state index contributed by atoms with van der Waals surface area (Å²) in [4.78, 5) is 2.33. The molecule has 0 spiro atoms. The Kier molecular flexibility index (Phi) is 4.98. The second-order valence-electron chi connectivity index (χ2n) is 10.3. The largest absolute Gasteiger partial charge is 0.393 e. The van der Waals surface area contributed by atoms with E-state index in [1.54, 1.807) is 0 Å². The topological polar surface area (TPSA) is 78.8 Å². The van der Waals surface area contributed by atoms with Gasteiger partial charge in [0.05, 0.1) is 18.1 Å². The van der Waals surface area contributed by atoms with Gasteiger partial charge in [-0.15, -0.1) is 0 Å². The van der Waals surface area contributed by atoms with E-state index in [1.165, 1.54) is 24.8 Å². The maximum Gasteiger partial charge on any atom is 0.244 e. The highest BCUT2D eigenvalue weighted by Crippen LogP contribution is 2.66. The highest BCUT2D eigenvalue weighted by atomic mass is 32.2. The second-order valence-corrected chi connectivity index (χ2v) is 12.0. The van der Waals surface area contributed by atoms with Gasteiger partial charge in [-0.2, -0.15) is 5.10 Å². The van der Waals surface area contributed by atoms with Gasteiger partial charge in [-0.05, 0) is 85.5 Å². The van der Waals surface area contributed by atoms with Crippen molar-refractivity contribution in [2.24, 2.45) is 39.6 Å². The summed E-state index contributed by atoms with van der Waals surface area (Å²) >= 11 is 0. The van der Waals surface area contributed by atoms with Gasteiger partial charge in [-0.25, -0.2) is 13.2 Å². The Morgan fingerprint density at radius 2 is 1.96 bits per heavy atom. The van der Waals surface area contributed by atoms with Crippen LogP contribution in [0.2, 0.25) is 0 Å². The first kappa shape index (κ1) is 20.4. The van der Waals surface area contributed by atoms with E-state index in [0.29, 0.717) is 23.7 Å². The summed E-state index contributed by atoms with van der Waals surface area (Å²) in [5.41, 5.74) is 2.64. The average Bonchev–Trinajstić information content (AvgIpc) is 2.94. The summed E-state index contributed by atoms with van der Waals surface area (Å²) in [5.74, 6) is 2.53. The van der Waals surface area contributed by atoms with Crippen molar-refractivity contribution < 1.29 is 13.5 Å². The molecule has 0 amide bonds. The molecule has 4 aliphatic rings. The number of hydrazone groups is 1. The molecule has 4 rings (SSSR count). The van der Waals surface area contributed by atoms with Crippen LogP contribution in [0.5, 0.6) is 0 Å². The Hall–Kier alpha value is -0.880. The monoisotopic (exact) mass is 408 g/mol. The predicted octanol–water partition coefficient (Wildman–Crippen LogP) is 3.85. The van der Waals surface area contributed by atoms with Crippen molar-refractivity contribution in [3.05, 3.63) is 11.6 Å². The van der Waals surface area contributed by atoms with Crippen molar-refractivity contribution in [1.82, 2.24) is 4.83 Å². The van der Waals surface area contributed by atoms with Gasteiger partial charge in [0.1, 0.15) is 0 Å². The summed E-state index contributed by atoms with van der Waals surface area (Å²) in [7, 11) is -3.32. The van der Waals surface area contributed by atoms with Crippen molar-refractivity contribution in [2.45, 2.75) is 78.2 Å². The van der Waals surface area contributed by atoms with Crippen LogP contribution in [0.3, 0.4) is 0 Å². The van der Waals surface area contributed by atoms with Crippen LogP contribution in [0.1, 0.15) is 72.1 Å². The maximum atomic E-state index is 11.5. The molecule has 158 valence electrons. The first-order valence-corrected chi connectivity index (χ1v) is 12.9. The number of aliphatic hydroxyl groups is 1. The minimum absolute atomic E-state index is 0.112. The maximum absolute atomic E-state index is 11.5. The van der Waals surface area contributed by atoms with Crippen LogP contribution in [-0.2, 0) is 10.0 Å². The third-order valence-corrected chi connectivity index (χ3v) is 9.51. The third kappa shape index (κ3) is 3.06. The lowest BCUT2D eigenvalue weighted by Crippen LogP contribution is -2.53. The van der Waals surface area contributed by atoms with E-state index in [1.807, 2.05) is 0 Å². The molecule has 3 fully saturated rings. The minimum Gasteiger partial charge on any atom is -0.393 e. The van der Waals surface area contributed by atoms with Crippen molar-refractivity contribution in [1.29, 1.82) is 0 Å². The molecule has 0 aromatic heterocycles. The Labute approximate surface area is 170 Å². The molecular weight excluding hydrogens is 372 g/mol. The van der Waals surface area contributed by atoms with Gasteiger partial charge in [0, 0.05) is 0 Å². The van der Waals surface area contributed by atoms with Gasteiger partial charge in [0.25, 0.3) is 0 Å². The first-order valence-electron chi connectivity index (χ1n) is 11.0. The Morgan fingerprint density at radius 3 is 2.64 bits per heavy atom. The van der Waals surface area contributed by atoms with Crippen LogP contribution in [-0.4, -0.2) is 31.6 Å². The number of hydrogen-bond acceptors (Lipinski definition) is 4. The van der Waals surface area contributed by atoms with Crippen molar-refractivity contribution in [3.8, 4) is 0 Å². The molecule has 5 nitrogen and oxygen atoms in total. The zero-order chi connectivity index (χ0) is 20.3. The second kappa shape index (κ2) is 6.83. The lowest BCUT2D eigenvalue weighted by atomic mass is 9.45. The quantitative estimate of drug-likeness (QED) is 0.696. The molecule has 2 N–H and O–H groups in total. The fourth-order valence-electron chi connectivity index (χ4n) is 7.54. The number of nitrogens with one attached hydrogen (secondary N) is 1. The van der Waals surface area contributed by atoms with Crippen LogP contribution in [0.25, 0.3) is 0 Å². The highest BCUT2D eigenvalue weighted by Gasteiger charge is 2.60. The minimum atomic E-state index is -3.32. The molecule has 0 aliphatic heterocycles. The Bertz CT molecular complexity index is 805. The number of aliphatic hydroxyl groups excluding tert-OH is 1. The van der Waals surface area contributed by atoms with E-state index < -0.39 is 10.0 Å². The van der Waals surface area contributed by atoms with E-state index >= 15 is 0 Å². The summed E-state index contributed by atoms with van der Waals surface area (Å²) in [6.45, 7) is 7.06. The van der Waals surface area contributed by atoms with E-state index in [-0.39, 0.29) is 16.9 Å². The number of allylic oxidation sites excluding steroid dienone is 2. The molecule has 0 aromatic carbocycles. The van der Waals surface area contributed by atoms with Gasteiger partial charge >= 0.3 is 0 Å². The third-order valence-electron chi connectivity index (χ3n) is 9.09. The molecule has 3 saturated carbocycles. The number of hydrogen-bond donors (Lipinski definition) is 2. The standard InChI is InChI=1S/C22H36N2O3S/c1-5-14-12-16(23-24-28(4,26)27)13-15-6-7-17-18-8-9-20(25)21(18,2)11-10-19(17)22(14,15)3/h13-14,17-20,24-25H,5-12H2,1-4H3/b23-16-/t14?,17-,18-,19-,20-,21-,22-/m0/s1. The first-order chi connectivity index (χ1) is 13.1. The molecule has 1 unspecified atom stereocenters. The lowest BCUT2D eigenvalue weighted by molar-refractivity contribution is -0.0846. The molecule has 0 radical (unpaired) electrons. The SMILES string of the molecule is CCC1C/C(=N/NS(C)(=O)=O)C=C2CC[C@H]3[C@@H]4CC[C@H](O)[C@@]4(C)CC[C@@H]3[C@]21C. The highest BCUT2D eigenvalue weighted by molar-refractivity contribution is 7.88. The molecular formula is C22H36N2O3S. The summed E-state index contributed by atoms with van der Waals surface area (Å²) in [6.07, 6.45) is 11.9. The predicted molar refractivity (Wildman–Crippen MR) is 112 cm³/mol. The lowest BCUT2D eigenvalue weighted by Gasteiger charge is -2.60. The number of fused-ring (bicyclic) bond motifs is 5. The molecule has 0 heterocycles. The van der Waals surface area contributed by atoms with Gasteiger partial charge in [0.15, 0.2) is 0 Å². The van der Waals surface area contributed by atoms with E-state index in [9.17, 15) is 13.5 Å². The number of nitrogens with zero attached hydrogens (tertiary/aromatic N) is 1. The van der Waals surface area contributed by atoms with Crippen LogP contribution < -0.4 is 4.83 Å². The molecule has 28 heavy (non-hydrogen) atoms. The normalized spacial score (nSPS) is 47.1. The molecule has 0 bridgehead atoms. The number of sulfonamides is 1. The average molecular weight is 409 g/mol. The van der Waals surface area contributed by atoms with Gasteiger partial charge in [-0.3, -0.25) is 0 Å². The molecule has 0 aromatic rings. The smallest absolute Gasteiger partial charge is 0.244 e. The summed E-state index contributed by atoms with van der Waals surface area (Å²) in [6, 6.07) is 0. The van der Waals surface area contributed by atoms with Gasteiger partial charge < -0.3 is 5.11 Å². The molecule has 0 saturated heterocycles. The molecule has 4 aliphatic carbocycles. The fourth-order valence-corrected chi connectivity index (χ4v) is 7.82. The number of rotatable bonds is 3. The van der Waals surface area contributed by atoms with Gasteiger partial charge in [0.2, 0.25) is 10.0 Å². The fraction of sp³-hybridized carbons (Fsp3) is 0.864. The zero-order valence-electron chi connectivity index (χ0n) is 17.7. The van der Waals surface area contributed by atoms with E-state index in [4.69, 9.17) is 0 Å². The Balaban J connectivity index is 1.67. The van der Waals surface area contributed by atoms with Gasteiger partial charge in [-0.1, -0.05) is 32.8 Å². The van der Waals surface area contributed by atoms with Crippen LogP contribution in [0.15, 0.2) is 16.8 Å².